The van der Waals surface area contributed by atoms with Crippen molar-refractivity contribution in [1.82, 2.24) is 10.2 Å². The number of hydrogen-bond donors (Lipinski definition) is 2. The fourth-order valence-electron chi connectivity index (χ4n) is 2.20. The molecule has 1 heterocycles. The van der Waals surface area contributed by atoms with Crippen molar-refractivity contribution in [2.75, 3.05) is 6.54 Å². The molecule has 1 atom stereocenters. The van der Waals surface area contributed by atoms with Gasteiger partial charge in [0.2, 0.25) is 0 Å². The molecule has 1 aromatic rings. The van der Waals surface area contributed by atoms with Gasteiger partial charge in [0, 0.05) is 13.1 Å². The maximum atomic E-state index is 13.0. The molecule has 0 aromatic heterocycles. The van der Waals surface area contributed by atoms with Crippen LogP contribution in [0.15, 0.2) is 18.2 Å². The average Bonchev–Trinajstić information content (AvgIpc) is 2.89. The van der Waals surface area contributed by atoms with Crippen LogP contribution in [-0.4, -0.2) is 34.6 Å². The number of halogens is 2. The van der Waals surface area contributed by atoms with Gasteiger partial charge in [-0.05, 0) is 30.5 Å². The van der Waals surface area contributed by atoms with E-state index in [4.69, 9.17) is 16.7 Å². The van der Waals surface area contributed by atoms with Gasteiger partial charge in [-0.15, -0.1) is 0 Å². The summed E-state index contributed by atoms with van der Waals surface area (Å²) in [6.45, 7) is 0.592. The third kappa shape index (κ3) is 3.19. The number of carbonyl (C=O) groups is 2. The van der Waals surface area contributed by atoms with Crippen LogP contribution < -0.4 is 5.32 Å². The van der Waals surface area contributed by atoms with E-state index in [-0.39, 0.29) is 11.6 Å². The summed E-state index contributed by atoms with van der Waals surface area (Å²) in [5.41, 5.74) is 0.649. The summed E-state index contributed by atoms with van der Waals surface area (Å²) in [6, 6.07) is 2.96. The first-order chi connectivity index (χ1) is 9.49. The van der Waals surface area contributed by atoms with E-state index in [9.17, 15) is 14.0 Å². The highest BCUT2D eigenvalue weighted by molar-refractivity contribution is 6.30. The van der Waals surface area contributed by atoms with Crippen LogP contribution in [0.1, 0.15) is 18.4 Å². The number of nitrogens with one attached hydrogen (secondary N) is 1. The lowest BCUT2D eigenvalue weighted by Crippen LogP contribution is -2.45. The van der Waals surface area contributed by atoms with Crippen molar-refractivity contribution in [3.8, 4) is 0 Å². The number of carbonyl (C=O) groups excluding carboxylic acids is 1. The Bertz CT molecular complexity index is 538. The van der Waals surface area contributed by atoms with Gasteiger partial charge in [0.1, 0.15) is 11.9 Å². The molecule has 5 nitrogen and oxygen atoms in total. The predicted molar refractivity (Wildman–Crippen MR) is 71.0 cm³/mol. The lowest BCUT2D eigenvalue weighted by Gasteiger charge is -2.21. The summed E-state index contributed by atoms with van der Waals surface area (Å²) in [5.74, 6) is -1.52. The number of rotatable bonds is 3. The van der Waals surface area contributed by atoms with Crippen LogP contribution in [0.5, 0.6) is 0 Å². The van der Waals surface area contributed by atoms with E-state index in [1.807, 2.05) is 0 Å². The fraction of sp³-hybridized carbons (Fsp3) is 0.385. The first-order valence-electron chi connectivity index (χ1n) is 6.20. The van der Waals surface area contributed by atoms with Gasteiger partial charge in [-0.3, -0.25) is 0 Å². The second kappa shape index (κ2) is 6.09. The molecule has 2 rings (SSSR count). The van der Waals surface area contributed by atoms with Gasteiger partial charge in [0.15, 0.2) is 0 Å². The van der Waals surface area contributed by atoms with Crippen molar-refractivity contribution < 1.29 is 19.1 Å². The normalized spacial score (nSPS) is 18.1. The number of likely N-dealkylation sites (tertiary alicyclic amines) is 1. The first kappa shape index (κ1) is 14.6. The van der Waals surface area contributed by atoms with Crippen LogP contribution in [0.25, 0.3) is 0 Å². The lowest BCUT2D eigenvalue weighted by molar-refractivity contribution is -0.141. The summed E-state index contributed by atoms with van der Waals surface area (Å²) < 4.78 is 13.0. The Morgan fingerprint density at radius 2 is 2.25 bits per heavy atom. The molecule has 1 aromatic carbocycles. The minimum Gasteiger partial charge on any atom is -0.480 e. The molecule has 20 heavy (non-hydrogen) atoms. The van der Waals surface area contributed by atoms with Gasteiger partial charge in [0.05, 0.1) is 5.02 Å². The van der Waals surface area contributed by atoms with Gasteiger partial charge in [0.25, 0.3) is 0 Å². The summed E-state index contributed by atoms with van der Waals surface area (Å²) >= 11 is 5.65. The molecule has 1 aliphatic rings. The van der Waals surface area contributed by atoms with Gasteiger partial charge in [-0.1, -0.05) is 17.7 Å². The molecule has 1 saturated heterocycles. The topological polar surface area (TPSA) is 69.6 Å². The third-order valence-electron chi connectivity index (χ3n) is 3.23. The Balaban J connectivity index is 1.94. The Morgan fingerprint density at radius 1 is 1.50 bits per heavy atom. The Kier molecular flexibility index (Phi) is 4.44. The molecule has 0 bridgehead atoms. The van der Waals surface area contributed by atoms with E-state index < -0.39 is 23.9 Å². The standard InChI is InChI=1S/C13H14ClFN2O3/c14-9-6-8(3-4-10(9)15)7-16-13(20)17-5-1-2-11(17)12(18)19/h3-4,6,11H,1-2,5,7H2,(H,16,20)(H,18,19). The van der Waals surface area contributed by atoms with E-state index in [0.29, 0.717) is 24.9 Å². The number of amides is 2. The van der Waals surface area contributed by atoms with Crippen LogP contribution in [0.4, 0.5) is 9.18 Å². The monoisotopic (exact) mass is 300 g/mol. The zero-order chi connectivity index (χ0) is 14.7. The molecule has 1 fully saturated rings. The molecule has 0 aliphatic carbocycles. The first-order valence-corrected chi connectivity index (χ1v) is 6.58. The lowest BCUT2D eigenvalue weighted by atomic mass is 10.2. The number of benzene rings is 1. The number of carboxylic acids is 1. The quantitative estimate of drug-likeness (QED) is 0.899. The number of nitrogens with zero attached hydrogens (tertiary/aromatic N) is 1. The highest BCUT2D eigenvalue weighted by atomic mass is 35.5. The van der Waals surface area contributed by atoms with E-state index >= 15 is 0 Å². The molecular formula is C13H14ClFN2O3. The predicted octanol–water partition coefficient (Wildman–Crippen LogP) is 2.24. The SMILES string of the molecule is O=C(O)C1CCCN1C(=O)NCc1ccc(F)c(Cl)c1. The molecule has 2 amide bonds. The average molecular weight is 301 g/mol. The summed E-state index contributed by atoms with van der Waals surface area (Å²) in [6.07, 6.45) is 1.14. The second-order valence-corrected chi connectivity index (χ2v) is 5.00. The van der Waals surface area contributed by atoms with Crippen molar-refractivity contribution in [2.45, 2.75) is 25.4 Å². The van der Waals surface area contributed by atoms with E-state index in [2.05, 4.69) is 5.32 Å². The number of carboxylic acid groups (broad SMARTS) is 1. The van der Waals surface area contributed by atoms with Gasteiger partial charge in [-0.2, -0.15) is 0 Å². The van der Waals surface area contributed by atoms with E-state index in [1.54, 1.807) is 0 Å². The largest absolute Gasteiger partial charge is 0.480 e. The summed E-state index contributed by atoms with van der Waals surface area (Å²) in [5, 5.41) is 11.6. The van der Waals surface area contributed by atoms with Gasteiger partial charge < -0.3 is 15.3 Å². The minimum atomic E-state index is -0.998. The van der Waals surface area contributed by atoms with Gasteiger partial charge in [-0.25, -0.2) is 14.0 Å². The van der Waals surface area contributed by atoms with Crippen LogP contribution in [-0.2, 0) is 11.3 Å². The van der Waals surface area contributed by atoms with Crippen molar-refractivity contribution in [3.63, 3.8) is 0 Å². The summed E-state index contributed by atoms with van der Waals surface area (Å²) in [4.78, 5) is 24.2. The van der Waals surface area contributed by atoms with Crippen LogP contribution in [0, 0.1) is 5.82 Å². The van der Waals surface area contributed by atoms with Crippen molar-refractivity contribution in [1.29, 1.82) is 0 Å². The fourth-order valence-corrected chi connectivity index (χ4v) is 2.40. The molecule has 1 aliphatic heterocycles. The van der Waals surface area contributed by atoms with Gasteiger partial charge >= 0.3 is 12.0 Å². The van der Waals surface area contributed by atoms with E-state index in [1.165, 1.54) is 23.1 Å². The second-order valence-electron chi connectivity index (χ2n) is 4.60. The highest BCUT2D eigenvalue weighted by Crippen LogP contribution is 2.18. The number of aliphatic carboxylic acids is 1. The van der Waals surface area contributed by atoms with Crippen molar-refractivity contribution in [2.24, 2.45) is 0 Å². The molecule has 0 spiro atoms. The maximum absolute atomic E-state index is 13.0. The van der Waals surface area contributed by atoms with Crippen LogP contribution in [0.3, 0.4) is 0 Å². The van der Waals surface area contributed by atoms with Crippen molar-refractivity contribution in [3.05, 3.63) is 34.6 Å². The molecule has 1 unspecified atom stereocenters. The number of urea groups is 1. The zero-order valence-electron chi connectivity index (χ0n) is 10.6. The molecule has 108 valence electrons. The minimum absolute atomic E-state index is 0.0127. The molecule has 2 N–H and O–H groups in total. The zero-order valence-corrected chi connectivity index (χ0v) is 11.4. The molecular weight excluding hydrogens is 287 g/mol. The van der Waals surface area contributed by atoms with E-state index in [0.717, 1.165) is 0 Å². The van der Waals surface area contributed by atoms with Crippen molar-refractivity contribution >= 4 is 23.6 Å². The Hall–Kier alpha value is -1.82. The third-order valence-corrected chi connectivity index (χ3v) is 3.52. The highest BCUT2D eigenvalue weighted by Gasteiger charge is 2.33. The Labute approximate surface area is 120 Å². The maximum Gasteiger partial charge on any atom is 0.326 e. The number of hydrogen-bond acceptors (Lipinski definition) is 2. The molecule has 0 radical (unpaired) electrons. The molecule has 7 heteroatoms. The van der Waals surface area contributed by atoms with Crippen LogP contribution >= 0.6 is 11.6 Å². The van der Waals surface area contributed by atoms with Crippen LogP contribution in [0.2, 0.25) is 5.02 Å². The smallest absolute Gasteiger partial charge is 0.326 e. The summed E-state index contributed by atoms with van der Waals surface area (Å²) in [7, 11) is 0. The molecule has 0 saturated carbocycles. The Morgan fingerprint density at radius 3 is 2.90 bits per heavy atom.